The lowest BCUT2D eigenvalue weighted by Crippen LogP contribution is -1.95. The van der Waals surface area contributed by atoms with Crippen LogP contribution < -0.4 is 0 Å². The molecule has 0 saturated carbocycles. The van der Waals surface area contributed by atoms with Crippen LogP contribution in [0, 0.1) is 0 Å². The molecule has 0 unspecified atom stereocenters. The highest BCUT2D eigenvalue weighted by atomic mass is 32.1. The molecule has 3 heterocycles. The Morgan fingerprint density at radius 3 is 3.12 bits per heavy atom. The molecular formula is C11H7N3O2S. The van der Waals surface area contributed by atoms with Crippen LogP contribution in [0.15, 0.2) is 29.9 Å². The van der Waals surface area contributed by atoms with Crippen LogP contribution in [0.3, 0.4) is 0 Å². The normalized spacial score (nSPS) is 10.8. The van der Waals surface area contributed by atoms with E-state index in [-0.39, 0.29) is 5.69 Å². The molecule has 0 saturated heterocycles. The molecule has 0 radical (unpaired) electrons. The summed E-state index contributed by atoms with van der Waals surface area (Å²) in [7, 11) is 0. The van der Waals surface area contributed by atoms with E-state index in [2.05, 4.69) is 15.0 Å². The number of H-pyrrole nitrogens is 1. The van der Waals surface area contributed by atoms with Crippen molar-refractivity contribution >= 4 is 28.3 Å². The highest BCUT2D eigenvalue weighted by Gasteiger charge is 2.13. The zero-order chi connectivity index (χ0) is 11.8. The zero-order valence-corrected chi connectivity index (χ0v) is 9.36. The van der Waals surface area contributed by atoms with E-state index >= 15 is 0 Å². The van der Waals surface area contributed by atoms with Gasteiger partial charge in [-0.05, 0) is 12.1 Å². The van der Waals surface area contributed by atoms with E-state index in [0.29, 0.717) is 5.01 Å². The summed E-state index contributed by atoms with van der Waals surface area (Å²) in [5.74, 6) is -1.01. The maximum atomic E-state index is 10.8. The molecule has 0 aromatic carbocycles. The van der Waals surface area contributed by atoms with Crippen LogP contribution in [-0.4, -0.2) is 26.0 Å². The van der Waals surface area contributed by atoms with Gasteiger partial charge >= 0.3 is 5.97 Å². The molecule has 0 aliphatic heterocycles. The van der Waals surface area contributed by atoms with E-state index < -0.39 is 5.97 Å². The molecule has 17 heavy (non-hydrogen) atoms. The van der Waals surface area contributed by atoms with Gasteiger partial charge in [0.25, 0.3) is 0 Å². The van der Waals surface area contributed by atoms with Crippen molar-refractivity contribution in [1.29, 1.82) is 0 Å². The molecule has 0 fully saturated rings. The van der Waals surface area contributed by atoms with Crippen LogP contribution in [-0.2, 0) is 0 Å². The van der Waals surface area contributed by atoms with Gasteiger partial charge in [0.05, 0.1) is 0 Å². The van der Waals surface area contributed by atoms with Crippen molar-refractivity contribution in [2.45, 2.75) is 0 Å². The van der Waals surface area contributed by atoms with Gasteiger partial charge in [0.15, 0.2) is 5.69 Å². The minimum absolute atomic E-state index is 0.0724. The molecule has 3 rings (SSSR count). The number of carboxylic acid groups (broad SMARTS) is 1. The van der Waals surface area contributed by atoms with Gasteiger partial charge in [0.2, 0.25) is 0 Å². The lowest BCUT2D eigenvalue weighted by atomic mass is 10.2. The standard InChI is InChI=1S/C11H7N3O2S/c15-11(16)8-5-17-10(14-8)7-4-13-9-6(7)2-1-3-12-9/h1-5H,(H,12,13)(H,15,16). The van der Waals surface area contributed by atoms with Gasteiger partial charge in [0.1, 0.15) is 10.7 Å². The number of thiazole rings is 1. The highest BCUT2D eigenvalue weighted by Crippen LogP contribution is 2.29. The quantitative estimate of drug-likeness (QED) is 0.726. The lowest BCUT2D eigenvalue weighted by molar-refractivity contribution is 0.0691. The summed E-state index contributed by atoms with van der Waals surface area (Å²) in [6, 6.07) is 3.77. The Morgan fingerprint density at radius 2 is 2.35 bits per heavy atom. The molecule has 3 aromatic rings. The Labute approximate surface area is 99.8 Å². The predicted octanol–water partition coefficient (Wildman–Crippen LogP) is 2.38. The summed E-state index contributed by atoms with van der Waals surface area (Å²) in [6.45, 7) is 0. The van der Waals surface area contributed by atoms with Gasteiger partial charge in [-0.1, -0.05) is 0 Å². The topological polar surface area (TPSA) is 78.9 Å². The summed E-state index contributed by atoms with van der Waals surface area (Å²) in [4.78, 5) is 22.1. The number of pyridine rings is 1. The number of nitrogens with zero attached hydrogens (tertiary/aromatic N) is 2. The van der Waals surface area contributed by atoms with Crippen LogP contribution in [0.1, 0.15) is 10.5 Å². The maximum Gasteiger partial charge on any atom is 0.355 e. The van der Waals surface area contributed by atoms with Gasteiger partial charge in [-0.3, -0.25) is 0 Å². The van der Waals surface area contributed by atoms with Crippen molar-refractivity contribution in [3.05, 3.63) is 35.6 Å². The second-order valence-electron chi connectivity index (χ2n) is 3.44. The first-order valence-corrected chi connectivity index (χ1v) is 5.75. The molecule has 0 amide bonds. The number of hydrogen-bond acceptors (Lipinski definition) is 4. The third-order valence-corrected chi connectivity index (χ3v) is 3.28. The van der Waals surface area contributed by atoms with Gasteiger partial charge < -0.3 is 10.1 Å². The number of fused-ring (bicyclic) bond motifs is 1. The van der Waals surface area contributed by atoms with Crippen molar-refractivity contribution in [2.24, 2.45) is 0 Å². The average molecular weight is 245 g/mol. The fourth-order valence-corrected chi connectivity index (χ4v) is 2.45. The molecule has 84 valence electrons. The number of aromatic amines is 1. The van der Waals surface area contributed by atoms with Crippen LogP contribution >= 0.6 is 11.3 Å². The number of aromatic nitrogens is 3. The Kier molecular flexibility index (Phi) is 2.15. The fraction of sp³-hybridized carbons (Fsp3) is 0. The predicted molar refractivity (Wildman–Crippen MR) is 64.2 cm³/mol. The van der Waals surface area contributed by atoms with Gasteiger partial charge in [-0.2, -0.15) is 0 Å². The molecule has 0 aliphatic carbocycles. The van der Waals surface area contributed by atoms with Crippen LogP contribution in [0.4, 0.5) is 0 Å². The second-order valence-corrected chi connectivity index (χ2v) is 4.30. The number of nitrogens with one attached hydrogen (secondary N) is 1. The number of carbonyl (C=O) groups is 1. The van der Waals surface area contributed by atoms with E-state index in [0.717, 1.165) is 16.6 Å². The van der Waals surface area contributed by atoms with E-state index in [4.69, 9.17) is 5.11 Å². The Morgan fingerprint density at radius 1 is 1.47 bits per heavy atom. The fourth-order valence-electron chi connectivity index (χ4n) is 1.63. The van der Waals surface area contributed by atoms with Crippen molar-refractivity contribution in [2.75, 3.05) is 0 Å². The Bertz CT molecular complexity index is 701. The highest BCUT2D eigenvalue weighted by molar-refractivity contribution is 7.13. The lowest BCUT2D eigenvalue weighted by Gasteiger charge is -1.92. The monoisotopic (exact) mass is 245 g/mol. The average Bonchev–Trinajstić information content (AvgIpc) is 2.95. The SMILES string of the molecule is O=C(O)c1csc(-c2c[nH]c3ncccc23)n1. The first-order chi connectivity index (χ1) is 8.25. The first kappa shape index (κ1) is 9.98. The molecule has 0 bridgehead atoms. The Hall–Kier alpha value is -2.21. The van der Waals surface area contributed by atoms with E-state index in [1.165, 1.54) is 16.7 Å². The van der Waals surface area contributed by atoms with Crippen LogP contribution in [0.25, 0.3) is 21.6 Å². The second kappa shape index (κ2) is 3.67. The van der Waals surface area contributed by atoms with Gasteiger partial charge in [0, 0.05) is 28.7 Å². The van der Waals surface area contributed by atoms with Crippen molar-refractivity contribution in [3.8, 4) is 10.6 Å². The third kappa shape index (κ3) is 1.58. The smallest absolute Gasteiger partial charge is 0.355 e. The summed E-state index contributed by atoms with van der Waals surface area (Å²) < 4.78 is 0. The third-order valence-electron chi connectivity index (χ3n) is 2.40. The van der Waals surface area contributed by atoms with Gasteiger partial charge in [-0.15, -0.1) is 11.3 Å². The molecule has 2 N–H and O–H groups in total. The summed E-state index contributed by atoms with van der Waals surface area (Å²) >= 11 is 1.31. The molecule has 6 heteroatoms. The van der Waals surface area contributed by atoms with E-state index in [1.807, 2.05) is 12.1 Å². The number of carboxylic acids is 1. The van der Waals surface area contributed by atoms with Crippen molar-refractivity contribution < 1.29 is 9.90 Å². The Balaban J connectivity index is 2.17. The zero-order valence-electron chi connectivity index (χ0n) is 8.54. The van der Waals surface area contributed by atoms with Gasteiger partial charge in [-0.25, -0.2) is 14.8 Å². The summed E-state index contributed by atoms with van der Waals surface area (Å²) in [5, 5.41) is 12.0. The molecule has 5 nitrogen and oxygen atoms in total. The minimum atomic E-state index is -1.01. The van der Waals surface area contributed by atoms with Crippen LogP contribution in [0.2, 0.25) is 0 Å². The van der Waals surface area contributed by atoms with E-state index in [1.54, 1.807) is 12.4 Å². The molecular weight excluding hydrogens is 238 g/mol. The maximum absolute atomic E-state index is 10.8. The first-order valence-electron chi connectivity index (χ1n) is 4.87. The molecule has 0 spiro atoms. The summed E-state index contributed by atoms with van der Waals surface area (Å²) in [6.07, 6.45) is 3.50. The van der Waals surface area contributed by atoms with Crippen LogP contribution in [0.5, 0.6) is 0 Å². The number of hydrogen-bond donors (Lipinski definition) is 2. The number of aromatic carboxylic acids is 1. The number of rotatable bonds is 2. The molecule has 0 atom stereocenters. The van der Waals surface area contributed by atoms with E-state index in [9.17, 15) is 4.79 Å². The molecule has 3 aromatic heterocycles. The van der Waals surface area contributed by atoms with Crippen molar-refractivity contribution in [3.63, 3.8) is 0 Å². The largest absolute Gasteiger partial charge is 0.476 e. The minimum Gasteiger partial charge on any atom is -0.476 e. The summed E-state index contributed by atoms with van der Waals surface area (Å²) in [5.41, 5.74) is 1.73. The van der Waals surface area contributed by atoms with Crippen molar-refractivity contribution in [1.82, 2.24) is 15.0 Å². The molecule has 0 aliphatic rings.